The summed E-state index contributed by atoms with van der Waals surface area (Å²) < 4.78 is 42.5. The summed E-state index contributed by atoms with van der Waals surface area (Å²) in [5.74, 6) is 0. The Labute approximate surface area is 89.2 Å². The van der Waals surface area contributed by atoms with Gasteiger partial charge in [-0.15, -0.1) is 0 Å². The summed E-state index contributed by atoms with van der Waals surface area (Å²) in [6, 6.07) is -0.957. The van der Waals surface area contributed by atoms with Gasteiger partial charge in [0.2, 0.25) is 0 Å². The van der Waals surface area contributed by atoms with Crippen LogP contribution in [0.2, 0.25) is 0 Å². The summed E-state index contributed by atoms with van der Waals surface area (Å²) in [4.78, 5) is 3.63. The monoisotopic (exact) mass is 240 g/mol. The van der Waals surface area contributed by atoms with Crippen molar-refractivity contribution >= 4 is 11.8 Å². The molecule has 0 aromatic carbocycles. The van der Waals surface area contributed by atoms with E-state index in [9.17, 15) is 13.2 Å². The van der Waals surface area contributed by atoms with Crippen molar-refractivity contribution in [2.45, 2.75) is 36.0 Å². The number of thioether (sulfide) groups is 1. The molecule has 1 aromatic rings. The van der Waals surface area contributed by atoms with Crippen molar-refractivity contribution in [3.05, 3.63) is 12.5 Å². The van der Waals surface area contributed by atoms with Crippen molar-refractivity contribution in [2.75, 3.05) is 0 Å². The average Bonchev–Trinajstić information content (AvgIpc) is 2.63. The molecule has 0 spiro atoms. The number of oxazole rings is 1. The summed E-state index contributed by atoms with van der Waals surface area (Å²) in [5, 5.41) is -1.69. The van der Waals surface area contributed by atoms with Crippen LogP contribution in [-0.4, -0.2) is 22.5 Å². The second kappa shape index (κ2) is 4.89. The smallest absolute Gasteiger partial charge is 0.402 e. The maximum absolute atomic E-state index is 12.6. The molecule has 3 nitrogen and oxygen atoms in total. The molecular weight excluding hydrogens is 229 g/mol. The van der Waals surface area contributed by atoms with Gasteiger partial charge in [-0.1, -0.05) is 18.7 Å². The van der Waals surface area contributed by atoms with E-state index < -0.39 is 17.5 Å². The van der Waals surface area contributed by atoms with E-state index in [1.807, 2.05) is 0 Å². The highest BCUT2D eigenvalue weighted by Crippen LogP contribution is 2.36. The fourth-order valence-corrected chi connectivity index (χ4v) is 1.94. The van der Waals surface area contributed by atoms with Crippen molar-refractivity contribution in [3.8, 4) is 0 Å². The summed E-state index contributed by atoms with van der Waals surface area (Å²) in [6.45, 7) is 1.61. The van der Waals surface area contributed by atoms with E-state index in [2.05, 4.69) is 4.98 Å². The Balaban J connectivity index is 2.74. The molecule has 2 N–H and O–H groups in total. The Morgan fingerprint density at radius 2 is 2.27 bits per heavy atom. The molecule has 0 saturated heterocycles. The van der Waals surface area contributed by atoms with Crippen LogP contribution in [0, 0.1) is 0 Å². The standard InChI is InChI=1S/C8H11F3N2OS/c1-2-5(12)6(8(9,10)11)15-7-13-3-4-14-7/h3-6H,2,12H2,1H3. The van der Waals surface area contributed by atoms with E-state index in [4.69, 9.17) is 10.2 Å². The van der Waals surface area contributed by atoms with Gasteiger partial charge in [-0.3, -0.25) is 0 Å². The Morgan fingerprint density at radius 1 is 1.60 bits per heavy atom. The molecule has 0 radical (unpaired) electrons. The Hall–Kier alpha value is -0.690. The van der Waals surface area contributed by atoms with Crippen molar-refractivity contribution in [3.63, 3.8) is 0 Å². The second-order valence-electron chi connectivity index (χ2n) is 2.95. The van der Waals surface area contributed by atoms with Crippen molar-refractivity contribution in [2.24, 2.45) is 5.73 Å². The predicted octanol–water partition coefficient (Wildman–Crippen LogP) is 2.43. The van der Waals surface area contributed by atoms with E-state index in [0.717, 1.165) is 0 Å². The largest absolute Gasteiger partial charge is 0.440 e. The molecule has 86 valence electrons. The van der Waals surface area contributed by atoms with Crippen LogP contribution in [0.5, 0.6) is 0 Å². The first-order valence-electron chi connectivity index (χ1n) is 4.33. The molecular formula is C8H11F3N2OS. The summed E-state index contributed by atoms with van der Waals surface area (Å²) in [5.41, 5.74) is 5.41. The first-order valence-corrected chi connectivity index (χ1v) is 5.21. The van der Waals surface area contributed by atoms with Gasteiger partial charge < -0.3 is 10.2 Å². The average molecular weight is 240 g/mol. The van der Waals surface area contributed by atoms with Gasteiger partial charge in [0.05, 0.1) is 6.20 Å². The minimum atomic E-state index is -4.35. The van der Waals surface area contributed by atoms with Gasteiger partial charge in [0, 0.05) is 6.04 Å². The Bertz CT molecular complexity index is 289. The fourth-order valence-electron chi connectivity index (χ4n) is 0.988. The second-order valence-corrected chi connectivity index (χ2v) is 4.04. The first-order chi connectivity index (χ1) is 6.95. The molecule has 1 rings (SSSR count). The third-order valence-electron chi connectivity index (χ3n) is 1.82. The molecule has 0 amide bonds. The normalized spacial score (nSPS) is 16.3. The fraction of sp³-hybridized carbons (Fsp3) is 0.625. The molecule has 1 heterocycles. The number of alkyl halides is 3. The lowest BCUT2D eigenvalue weighted by Gasteiger charge is -2.23. The predicted molar refractivity (Wildman–Crippen MR) is 50.5 cm³/mol. The lowest BCUT2D eigenvalue weighted by Crippen LogP contribution is -2.42. The Kier molecular flexibility index (Phi) is 4.04. The molecule has 1 aromatic heterocycles. The van der Waals surface area contributed by atoms with Crippen molar-refractivity contribution < 1.29 is 17.6 Å². The highest BCUT2D eigenvalue weighted by Gasteiger charge is 2.44. The topological polar surface area (TPSA) is 52.0 Å². The van der Waals surface area contributed by atoms with Crippen LogP contribution >= 0.6 is 11.8 Å². The molecule has 7 heteroatoms. The van der Waals surface area contributed by atoms with Crippen LogP contribution in [0.1, 0.15) is 13.3 Å². The highest BCUT2D eigenvalue weighted by atomic mass is 32.2. The zero-order valence-electron chi connectivity index (χ0n) is 7.99. The van der Waals surface area contributed by atoms with Gasteiger partial charge >= 0.3 is 6.18 Å². The molecule has 0 aliphatic rings. The molecule has 0 bridgehead atoms. The van der Waals surface area contributed by atoms with Gasteiger partial charge in [0.15, 0.2) is 0 Å². The highest BCUT2D eigenvalue weighted by molar-refractivity contribution is 7.99. The molecule has 0 aliphatic carbocycles. The summed E-state index contributed by atoms with van der Waals surface area (Å²) in [7, 11) is 0. The minimum absolute atomic E-state index is 0.0128. The zero-order valence-corrected chi connectivity index (χ0v) is 8.81. The number of halogens is 3. The number of nitrogens with two attached hydrogens (primary N) is 1. The Morgan fingerprint density at radius 3 is 2.67 bits per heavy atom. The van der Waals surface area contributed by atoms with Gasteiger partial charge in [-0.25, -0.2) is 4.98 Å². The van der Waals surface area contributed by atoms with Crippen molar-refractivity contribution in [1.82, 2.24) is 4.98 Å². The first kappa shape index (κ1) is 12.4. The number of hydrogen-bond acceptors (Lipinski definition) is 4. The summed E-state index contributed by atoms with van der Waals surface area (Å²) in [6.07, 6.45) is -1.58. The van der Waals surface area contributed by atoms with Gasteiger partial charge in [-0.05, 0) is 6.42 Å². The lowest BCUT2D eigenvalue weighted by atomic mass is 10.1. The maximum Gasteiger partial charge on any atom is 0.402 e. The number of aromatic nitrogens is 1. The van der Waals surface area contributed by atoms with E-state index >= 15 is 0 Å². The number of nitrogens with zero attached hydrogens (tertiary/aromatic N) is 1. The lowest BCUT2D eigenvalue weighted by molar-refractivity contribution is -0.132. The van der Waals surface area contributed by atoms with Crippen LogP contribution in [0.15, 0.2) is 22.1 Å². The number of rotatable bonds is 4. The summed E-state index contributed by atoms with van der Waals surface area (Å²) >= 11 is 0.507. The molecule has 2 atom stereocenters. The quantitative estimate of drug-likeness (QED) is 0.821. The van der Waals surface area contributed by atoms with E-state index in [1.54, 1.807) is 6.92 Å². The SMILES string of the molecule is CCC(N)C(Sc1ncco1)C(F)(F)F. The molecule has 0 saturated carbocycles. The van der Waals surface area contributed by atoms with Crippen LogP contribution in [0.3, 0.4) is 0 Å². The molecule has 0 aliphatic heterocycles. The van der Waals surface area contributed by atoms with E-state index in [1.165, 1.54) is 12.5 Å². The van der Waals surface area contributed by atoms with Crippen molar-refractivity contribution in [1.29, 1.82) is 0 Å². The molecule has 15 heavy (non-hydrogen) atoms. The van der Waals surface area contributed by atoms with Crippen LogP contribution in [0.4, 0.5) is 13.2 Å². The van der Waals surface area contributed by atoms with Gasteiger partial charge in [-0.2, -0.15) is 13.2 Å². The van der Waals surface area contributed by atoms with Crippen LogP contribution in [0.25, 0.3) is 0 Å². The van der Waals surface area contributed by atoms with Gasteiger partial charge in [0.25, 0.3) is 5.22 Å². The third-order valence-corrected chi connectivity index (χ3v) is 3.09. The maximum atomic E-state index is 12.6. The third kappa shape index (κ3) is 3.42. The zero-order chi connectivity index (χ0) is 11.5. The minimum Gasteiger partial charge on any atom is -0.440 e. The molecule has 0 fully saturated rings. The van der Waals surface area contributed by atoms with Gasteiger partial charge in [0.1, 0.15) is 11.5 Å². The van der Waals surface area contributed by atoms with Crippen LogP contribution < -0.4 is 5.73 Å². The van der Waals surface area contributed by atoms with Crippen LogP contribution in [-0.2, 0) is 0 Å². The van der Waals surface area contributed by atoms with E-state index in [0.29, 0.717) is 11.8 Å². The number of hydrogen-bond donors (Lipinski definition) is 1. The molecule has 2 unspecified atom stereocenters. The van der Waals surface area contributed by atoms with E-state index in [-0.39, 0.29) is 11.6 Å².